The van der Waals surface area contributed by atoms with Crippen molar-refractivity contribution in [2.24, 2.45) is 0 Å². The number of anilines is 1. The number of amides is 1. The minimum atomic E-state index is -0.458. The van der Waals surface area contributed by atoms with Crippen LogP contribution in [-0.4, -0.2) is 34.4 Å². The number of nitrogens with one attached hydrogen (secondary N) is 1. The van der Waals surface area contributed by atoms with Crippen LogP contribution >= 0.6 is 34.4 Å². The molecule has 0 unspecified atom stereocenters. The summed E-state index contributed by atoms with van der Waals surface area (Å²) in [4.78, 5) is 26.1. The van der Waals surface area contributed by atoms with Gasteiger partial charge in [-0.2, -0.15) is 0 Å². The second-order valence-electron chi connectivity index (χ2n) is 6.58. The van der Waals surface area contributed by atoms with Gasteiger partial charge in [0, 0.05) is 21.4 Å². The van der Waals surface area contributed by atoms with Crippen LogP contribution in [0, 0.1) is 6.92 Å². The van der Waals surface area contributed by atoms with Gasteiger partial charge in [0.25, 0.3) is 5.22 Å². The molecular weight excluding hydrogens is 466 g/mol. The molecular formula is C22H19N3O4S3. The average molecular weight is 486 g/mol. The van der Waals surface area contributed by atoms with Crippen LogP contribution in [0.5, 0.6) is 0 Å². The third kappa shape index (κ3) is 4.93. The molecule has 1 aromatic carbocycles. The van der Waals surface area contributed by atoms with Crippen LogP contribution < -0.4 is 5.32 Å². The average Bonchev–Trinajstić information content (AvgIpc) is 3.53. The molecule has 4 rings (SSSR count). The maximum atomic E-state index is 12.6. The van der Waals surface area contributed by atoms with E-state index >= 15 is 0 Å². The maximum absolute atomic E-state index is 12.6. The van der Waals surface area contributed by atoms with Gasteiger partial charge in [-0.05, 0) is 36.9 Å². The van der Waals surface area contributed by atoms with Gasteiger partial charge < -0.3 is 14.5 Å². The number of nitrogens with zero attached hydrogens (tertiary/aromatic N) is 2. The SMILES string of the molecule is CCOC(=O)c1c(-c2cccs2)csc1NC(=O)CSc1nnc(-c2ccccc2C)o1. The molecule has 0 spiro atoms. The Morgan fingerprint density at radius 1 is 1.12 bits per heavy atom. The molecule has 0 saturated heterocycles. The quantitative estimate of drug-likeness (QED) is 0.251. The number of thioether (sulfide) groups is 1. The highest BCUT2D eigenvalue weighted by Crippen LogP contribution is 2.38. The molecule has 0 aliphatic rings. The molecule has 32 heavy (non-hydrogen) atoms. The topological polar surface area (TPSA) is 94.3 Å². The Balaban J connectivity index is 1.45. The molecule has 0 bridgehead atoms. The van der Waals surface area contributed by atoms with Crippen molar-refractivity contribution in [3.05, 3.63) is 58.3 Å². The van der Waals surface area contributed by atoms with E-state index in [2.05, 4.69) is 15.5 Å². The number of ether oxygens (including phenoxy) is 1. The molecule has 1 amide bonds. The lowest BCUT2D eigenvalue weighted by Gasteiger charge is -2.07. The molecule has 3 aromatic heterocycles. The summed E-state index contributed by atoms with van der Waals surface area (Å²) in [7, 11) is 0. The molecule has 0 aliphatic heterocycles. The van der Waals surface area contributed by atoms with Crippen molar-refractivity contribution in [2.45, 2.75) is 19.1 Å². The fourth-order valence-corrected chi connectivity index (χ4v) is 5.30. The number of benzene rings is 1. The van der Waals surface area contributed by atoms with Gasteiger partial charge in [0.05, 0.1) is 12.4 Å². The van der Waals surface area contributed by atoms with Crippen molar-refractivity contribution in [1.82, 2.24) is 10.2 Å². The van der Waals surface area contributed by atoms with E-state index in [-0.39, 0.29) is 18.3 Å². The van der Waals surface area contributed by atoms with Crippen LogP contribution in [0.2, 0.25) is 0 Å². The van der Waals surface area contributed by atoms with E-state index in [1.807, 2.05) is 54.1 Å². The molecule has 1 N–H and O–H groups in total. The van der Waals surface area contributed by atoms with Crippen molar-refractivity contribution in [3.8, 4) is 21.9 Å². The van der Waals surface area contributed by atoms with Crippen LogP contribution in [0.1, 0.15) is 22.8 Å². The van der Waals surface area contributed by atoms with Gasteiger partial charge in [-0.25, -0.2) is 4.79 Å². The van der Waals surface area contributed by atoms with Crippen molar-refractivity contribution in [1.29, 1.82) is 0 Å². The monoisotopic (exact) mass is 485 g/mol. The standard InChI is InChI=1S/C22H19N3O4S3/c1-3-28-21(27)18-15(16-9-6-10-30-16)11-31-20(18)23-17(26)12-32-22-25-24-19(29-22)14-8-5-4-7-13(14)2/h4-11H,3,12H2,1-2H3,(H,23,26). The zero-order valence-corrected chi connectivity index (χ0v) is 19.7. The molecule has 0 atom stereocenters. The summed E-state index contributed by atoms with van der Waals surface area (Å²) in [5, 5.41) is 15.5. The summed E-state index contributed by atoms with van der Waals surface area (Å²) in [5.74, 6) is -0.269. The van der Waals surface area contributed by atoms with Gasteiger partial charge in [0.2, 0.25) is 11.8 Å². The van der Waals surface area contributed by atoms with E-state index in [1.165, 1.54) is 22.7 Å². The number of hydrogen-bond acceptors (Lipinski definition) is 9. The zero-order chi connectivity index (χ0) is 22.5. The number of esters is 1. The Labute approximate surface area is 196 Å². The molecule has 164 valence electrons. The van der Waals surface area contributed by atoms with Gasteiger partial charge in [-0.1, -0.05) is 36.0 Å². The first kappa shape index (κ1) is 22.3. The highest BCUT2D eigenvalue weighted by molar-refractivity contribution is 7.99. The summed E-state index contributed by atoms with van der Waals surface area (Å²) in [6, 6.07) is 11.6. The first-order valence-corrected chi connectivity index (χ1v) is 12.5. The fourth-order valence-electron chi connectivity index (χ4n) is 2.95. The van der Waals surface area contributed by atoms with E-state index in [4.69, 9.17) is 9.15 Å². The summed E-state index contributed by atoms with van der Waals surface area (Å²) in [6.45, 7) is 3.97. The third-order valence-electron chi connectivity index (χ3n) is 4.42. The number of hydrogen-bond donors (Lipinski definition) is 1. The first-order valence-electron chi connectivity index (χ1n) is 9.71. The van der Waals surface area contributed by atoms with Crippen LogP contribution in [0.4, 0.5) is 5.00 Å². The minimum absolute atomic E-state index is 0.0594. The molecule has 0 fully saturated rings. The lowest BCUT2D eigenvalue weighted by Crippen LogP contribution is -2.16. The van der Waals surface area contributed by atoms with E-state index in [0.29, 0.717) is 21.7 Å². The first-order chi connectivity index (χ1) is 15.6. The normalized spacial score (nSPS) is 10.8. The lowest BCUT2D eigenvalue weighted by atomic mass is 10.1. The Kier molecular flexibility index (Phi) is 7.03. The lowest BCUT2D eigenvalue weighted by molar-refractivity contribution is -0.113. The van der Waals surface area contributed by atoms with Crippen molar-refractivity contribution >= 4 is 51.3 Å². The molecule has 3 heterocycles. The van der Waals surface area contributed by atoms with Crippen LogP contribution in [0.15, 0.2) is 56.8 Å². The second kappa shape index (κ2) is 10.1. The van der Waals surface area contributed by atoms with Gasteiger partial charge >= 0.3 is 5.97 Å². The second-order valence-corrected chi connectivity index (χ2v) is 9.33. The van der Waals surface area contributed by atoms with Crippen molar-refractivity contribution in [3.63, 3.8) is 0 Å². The molecule has 0 radical (unpaired) electrons. The number of carbonyl (C=O) groups is 2. The Hall–Kier alpha value is -2.95. The van der Waals surface area contributed by atoms with Crippen LogP contribution in [-0.2, 0) is 9.53 Å². The molecule has 0 aliphatic carbocycles. The number of rotatable bonds is 8. The van der Waals surface area contributed by atoms with E-state index in [1.54, 1.807) is 6.92 Å². The van der Waals surface area contributed by atoms with Crippen molar-refractivity contribution in [2.75, 3.05) is 17.7 Å². The number of thiophene rings is 2. The summed E-state index contributed by atoms with van der Waals surface area (Å²) < 4.78 is 10.9. The van der Waals surface area contributed by atoms with Gasteiger partial charge in [0.15, 0.2) is 0 Å². The van der Waals surface area contributed by atoms with E-state index in [0.717, 1.165) is 33.3 Å². The minimum Gasteiger partial charge on any atom is -0.462 e. The zero-order valence-electron chi connectivity index (χ0n) is 17.3. The Bertz CT molecular complexity index is 1230. The molecule has 7 nitrogen and oxygen atoms in total. The predicted molar refractivity (Wildman–Crippen MR) is 127 cm³/mol. The van der Waals surface area contributed by atoms with Gasteiger partial charge in [-0.3, -0.25) is 4.79 Å². The van der Waals surface area contributed by atoms with E-state index in [9.17, 15) is 9.59 Å². The molecule has 0 saturated carbocycles. The smallest absolute Gasteiger partial charge is 0.341 e. The summed E-state index contributed by atoms with van der Waals surface area (Å²) in [6.07, 6.45) is 0. The van der Waals surface area contributed by atoms with E-state index < -0.39 is 5.97 Å². The highest BCUT2D eigenvalue weighted by atomic mass is 32.2. The summed E-state index contributed by atoms with van der Waals surface area (Å²) in [5.41, 5.74) is 3.01. The number of carbonyl (C=O) groups excluding carboxylic acids is 2. The highest BCUT2D eigenvalue weighted by Gasteiger charge is 2.23. The van der Waals surface area contributed by atoms with Gasteiger partial charge in [-0.15, -0.1) is 32.9 Å². The Morgan fingerprint density at radius 3 is 2.72 bits per heavy atom. The van der Waals surface area contributed by atoms with Crippen molar-refractivity contribution < 1.29 is 18.7 Å². The third-order valence-corrected chi connectivity index (χ3v) is 7.04. The largest absolute Gasteiger partial charge is 0.462 e. The number of aromatic nitrogens is 2. The van der Waals surface area contributed by atoms with Gasteiger partial charge in [0.1, 0.15) is 10.6 Å². The number of aryl methyl sites for hydroxylation is 1. The van der Waals surface area contributed by atoms with Crippen LogP contribution in [0.25, 0.3) is 21.9 Å². The fraction of sp³-hybridized carbons (Fsp3) is 0.182. The summed E-state index contributed by atoms with van der Waals surface area (Å²) >= 11 is 3.95. The molecule has 4 aromatic rings. The Morgan fingerprint density at radius 2 is 1.97 bits per heavy atom. The maximum Gasteiger partial charge on any atom is 0.341 e. The predicted octanol–water partition coefficient (Wildman–Crippen LogP) is 5.74. The van der Waals surface area contributed by atoms with Crippen LogP contribution in [0.3, 0.4) is 0 Å². The molecule has 10 heteroatoms.